The Bertz CT molecular complexity index is 892. The predicted octanol–water partition coefficient (Wildman–Crippen LogP) is 3.61. The van der Waals surface area contributed by atoms with Crippen LogP contribution in [0, 0.1) is 5.92 Å². The van der Waals surface area contributed by atoms with Crippen LogP contribution in [0.3, 0.4) is 0 Å². The summed E-state index contributed by atoms with van der Waals surface area (Å²) in [6, 6.07) is 1.79. The van der Waals surface area contributed by atoms with E-state index in [0.29, 0.717) is 31.5 Å². The highest BCUT2D eigenvalue weighted by atomic mass is 32.2. The lowest BCUT2D eigenvalue weighted by Crippen LogP contribution is -2.45. The number of amides is 2. The molecule has 2 amide bonds. The molecule has 0 unspecified atom stereocenters. The fourth-order valence-electron chi connectivity index (χ4n) is 5.07. The van der Waals surface area contributed by atoms with E-state index in [9.17, 15) is 18.0 Å². The predicted molar refractivity (Wildman–Crippen MR) is 125 cm³/mol. The van der Waals surface area contributed by atoms with Crippen molar-refractivity contribution in [1.29, 1.82) is 0 Å². The molecule has 0 aromatic carbocycles. The van der Waals surface area contributed by atoms with Crippen LogP contribution in [0.2, 0.25) is 0 Å². The second kappa shape index (κ2) is 10.7. The van der Waals surface area contributed by atoms with E-state index in [0.717, 1.165) is 50.1 Å². The monoisotopic (exact) mass is 481 g/mol. The van der Waals surface area contributed by atoms with E-state index >= 15 is 0 Å². The van der Waals surface area contributed by atoms with Crippen molar-refractivity contribution in [2.75, 3.05) is 26.2 Å². The summed E-state index contributed by atoms with van der Waals surface area (Å²) in [6.45, 7) is 2.18. The van der Waals surface area contributed by atoms with Gasteiger partial charge in [0.25, 0.3) is 15.9 Å². The van der Waals surface area contributed by atoms with Crippen LogP contribution in [-0.2, 0) is 14.8 Å². The number of rotatable bonds is 5. The van der Waals surface area contributed by atoms with E-state index in [1.54, 1.807) is 10.3 Å². The van der Waals surface area contributed by atoms with Crippen molar-refractivity contribution in [2.24, 2.45) is 5.92 Å². The number of nitrogens with one attached hydrogen (secondary N) is 1. The molecule has 1 aliphatic carbocycles. The minimum absolute atomic E-state index is 0.0789. The molecule has 1 N–H and O–H groups in total. The molecule has 3 heterocycles. The fourth-order valence-corrected chi connectivity index (χ4v) is 7.85. The van der Waals surface area contributed by atoms with Crippen LogP contribution in [0.4, 0.5) is 0 Å². The molecule has 3 fully saturated rings. The van der Waals surface area contributed by atoms with E-state index in [4.69, 9.17) is 0 Å². The third kappa shape index (κ3) is 5.54. The Hall–Kier alpha value is -1.45. The molecule has 1 aromatic heterocycles. The zero-order chi connectivity index (χ0) is 22.6. The maximum Gasteiger partial charge on any atom is 0.254 e. The number of carbonyl (C=O) groups is 2. The zero-order valence-electron chi connectivity index (χ0n) is 18.8. The van der Waals surface area contributed by atoms with Crippen LogP contribution in [0.25, 0.3) is 0 Å². The summed E-state index contributed by atoms with van der Waals surface area (Å²) in [4.78, 5) is 27.1. The van der Waals surface area contributed by atoms with Gasteiger partial charge in [-0.2, -0.15) is 4.31 Å². The second-order valence-corrected chi connectivity index (χ2v) is 12.5. The molecule has 3 aliphatic rings. The van der Waals surface area contributed by atoms with Gasteiger partial charge in [0.05, 0.1) is 5.56 Å². The van der Waals surface area contributed by atoms with Gasteiger partial charge in [-0.25, -0.2) is 8.42 Å². The van der Waals surface area contributed by atoms with Crippen molar-refractivity contribution in [3.8, 4) is 0 Å². The highest BCUT2D eigenvalue weighted by Crippen LogP contribution is 2.29. The van der Waals surface area contributed by atoms with Crippen LogP contribution in [0.15, 0.2) is 15.7 Å². The van der Waals surface area contributed by atoms with Crippen molar-refractivity contribution in [2.45, 2.75) is 80.9 Å². The molecule has 2 aliphatic heterocycles. The van der Waals surface area contributed by atoms with Crippen LogP contribution in [-0.4, -0.2) is 61.7 Å². The largest absolute Gasteiger partial charge is 0.353 e. The zero-order valence-corrected chi connectivity index (χ0v) is 20.4. The highest BCUT2D eigenvalue weighted by Gasteiger charge is 2.34. The first-order valence-electron chi connectivity index (χ1n) is 12.1. The highest BCUT2D eigenvalue weighted by molar-refractivity contribution is 7.91. The molecule has 0 radical (unpaired) electrons. The summed E-state index contributed by atoms with van der Waals surface area (Å²) in [7, 11) is -3.63. The van der Waals surface area contributed by atoms with E-state index in [2.05, 4.69) is 5.32 Å². The number of nitrogens with zero attached hydrogens (tertiary/aromatic N) is 2. The third-order valence-electron chi connectivity index (χ3n) is 7.09. The topological polar surface area (TPSA) is 86.8 Å². The fraction of sp³-hybridized carbons (Fsp3) is 0.739. The molecule has 178 valence electrons. The van der Waals surface area contributed by atoms with Gasteiger partial charge in [-0.05, 0) is 44.6 Å². The summed E-state index contributed by atoms with van der Waals surface area (Å²) in [5, 5.41) is 4.89. The van der Waals surface area contributed by atoms with Crippen molar-refractivity contribution >= 4 is 33.2 Å². The number of sulfonamides is 1. The Morgan fingerprint density at radius 1 is 0.875 bits per heavy atom. The molecular weight excluding hydrogens is 446 g/mol. The summed E-state index contributed by atoms with van der Waals surface area (Å²) >= 11 is 1.11. The second-order valence-electron chi connectivity index (χ2n) is 9.38. The maximum atomic E-state index is 13.1. The molecular formula is C23H35N3O4S2. The number of likely N-dealkylation sites (tertiary alicyclic amines) is 1. The van der Waals surface area contributed by atoms with Gasteiger partial charge in [0, 0.05) is 43.5 Å². The average molecular weight is 482 g/mol. The Kier molecular flexibility index (Phi) is 7.89. The molecule has 0 bridgehead atoms. The molecule has 0 spiro atoms. The first-order valence-corrected chi connectivity index (χ1v) is 14.5. The van der Waals surface area contributed by atoms with Crippen LogP contribution >= 0.6 is 11.3 Å². The summed E-state index contributed by atoms with van der Waals surface area (Å²) in [5.41, 5.74) is 0.462. The Morgan fingerprint density at radius 2 is 1.50 bits per heavy atom. The number of piperidine rings is 1. The van der Waals surface area contributed by atoms with Gasteiger partial charge in [0.2, 0.25) is 5.91 Å². The molecule has 9 heteroatoms. The van der Waals surface area contributed by atoms with E-state index in [1.807, 2.05) is 0 Å². The SMILES string of the molecule is O=C(NC1CCCCCCC1)C1CCN(S(=O)(=O)c2cc(C(=O)N3CCCC3)cs2)CC1. The molecule has 1 aromatic rings. The van der Waals surface area contributed by atoms with Crippen LogP contribution in [0.5, 0.6) is 0 Å². The number of hydrogen-bond donors (Lipinski definition) is 1. The number of hydrogen-bond acceptors (Lipinski definition) is 5. The first kappa shape index (κ1) is 23.7. The standard InChI is InChI=1S/C23H35N3O4S2/c27-22(24-20-8-4-2-1-3-5-9-20)18-10-14-26(15-11-18)32(29,30)21-16-19(17-31-21)23(28)25-12-6-7-13-25/h16-18,20H,1-15H2,(H,24,27). The van der Waals surface area contributed by atoms with Gasteiger partial charge in [0.15, 0.2) is 0 Å². The van der Waals surface area contributed by atoms with Gasteiger partial charge in [0.1, 0.15) is 4.21 Å². The minimum Gasteiger partial charge on any atom is -0.353 e. The van der Waals surface area contributed by atoms with E-state index in [-0.39, 0.29) is 28.0 Å². The van der Waals surface area contributed by atoms with Gasteiger partial charge in [-0.1, -0.05) is 32.1 Å². The molecule has 32 heavy (non-hydrogen) atoms. The Labute approximate surface area is 195 Å². The van der Waals surface area contributed by atoms with Gasteiger partial charge >= 0.3 is 0 Å². The van der Waals surface area contributed by atoms with Gasteiger partial charge in [-0.15, -0.1) is 11.3 Å². The quantitative estimate of drug-likeness (QED) is 0.696. The number of thiophene rings is 1. The molecule has 7 nitrogen and oxygen atoms in total. The minimum atomic E-state index is -3.63. The third-order valence-corrected chi connectivity index (χ3v) is 10.4. The van der Waals surface area contributed by atoms with Crippen molar-refractivity contribution in [1.82, 2.24) is 14.5 Å². The van der Waals surface area contributed by atoms with E-state index < -0.39 is 10.0 Å². The molecule has 1 saturated carbocycles. The summed E-state index contributed by atoms with van der Waals surface area (Å²) in [5.74, 6) is -0.116. The summed E-state index contributed by atoms with van der Waals surface area (Å²) in [6.07, 6.45) is 11.3. The normalized spacial score (nSPS) is 22.4. The van der Waals surface area contributed by atoms with Gasteiger partial charge < -0.3 is 10.2 Å². The smallest absolute Gasteiger partial charge is 0.254 e. The first-order chi connectivity index (χ1) is 15.4. The molecule has 2 saturated heterocycles. The molecule has 4 rings (SSSR count). The van der Waals surface area contributed by atoms with Crippen molar-refractivity contribution in [3.63, 3.8) is 0 Å². The van der Waals surface area contributed by atoms with E-state index in [1.165, 1.54) is 42.5 Å². The molecule has 0 atom stereocenters. The lowest BCUT2D eigenvalue weighted by Gasteiger charge is -2.31. The van der Waals surface area contributed by atoms with Crippen molar-refractivity contribution in [3.05, 3.63) is 17.0 Å². The maximum absolute atomic E-state index is 13.1. The lowest BCUT2D eigenvalue weighted by molar-refractivity contribution is -0.127. The van der Waals surface area contributed by atoms with Gasteiger partial charge in [-0.3, -0.25) is 9.59 Å². The van der Waals surface area contributed by atoms with Crippen LogP contribution < -0.4 is 5.32 Å². The van der Waals surface area contributed by atoms with Crippen molar-refractivity contribution < 1.29 is 18.0 Å². The average Bonchev–Trinajstić information content (AvgIpc) is 3.48. The lowest BCUT2D eigenvalue weighted by atomic mass is 9.94. The Morgan fingerprint density at radius 3 is 2.16 bits per heavy atom. The number of carbonyl (C=O) groups excluding carboxylic acids is 2. The Balaban J connectivity index is 1.31. The summed E-state index contributed by atoms with van der Waals surface area (Å²) < 4.78 is 27.9. The van der Waals surface area contributed by atoms with Crippen LogP contribution in [0.1, 0.15) is 81.0 Å².